The molecular formula is C19H18N4O6. The number of aromatic nitrogens is 1. The Kier molecular flexibility index (Phi) is 5.50. The summed E-state index contributed by atoms with van der Waals surface area (Å²) in [4.78, 5) is 36.9. The average Bonchev–Trinajstić information content (AvgIpc) is 2.73. The normalized spacial score (nSPS) is 12.7. The number of fused-ring (bicyclic) bond motifs is 1. The molecule has 0 aliphatic carbocycles. The number of methoxy groups -OCH3 is 2. The number of nitriles is 1. The summed E-state index contributed by atoms with van der Waals surface area (Å²) in [5, 5.41) is 20.1. The van der Waals surface area contributed by atoms with Crippen LogP contribution >= 0.6 is 0 Å². The highest BCUT2D eigenvalue weighted by Gasteiger charge is 2.24. The zero-order chi connectivity index (χ0) is 21.1. The quantitative estimate of drug-likeness (QED) is 0.547. The number of nitro groups is 1. The monoisotopic (exact) mass is 398 g/mol. The number of carbonyl (C=O) groups is 1. The van der Waals surface area contributed by atoms with Crippen molar-refractivity contribution in [3.05, 3.63) is 61.6 Å². The third kappa shape index (κ3) is 3.89. The van der Waals surface area contributed by atoms with E-state index in [1.165, 1.54) is 7.11 Å². The van der Waals surface area contributed by atoms with Gasteiger partial charge in [-0.05, 0) is 29.7 Å². The largest absolute Gasteiger partial charge is 0.493 e. The lowest BCUT2D eigenvalue weighted by Crippen LogP contribution is -2.40. The SMILES string of the molecule is COc1cc2c(cc1OC)CN(C(=O)Cn1cc([N+](=O)[O-])cc(C#N)c1=O)CC2. The van der Waals surface area contributed by atoms with Crippen molar-refractivity contribution >= 4 is 11.6 Å². The molecule has 2 aromatic rings. The number of ether oxygens (including phenoxy) is 2. The third-order valence-corrected chi connectivity index (χ3v) is 4.78. The first kappa shape index (κ1) is 19.9. The van der Waals surface area contributed by atoms with Crippen LogP contribution in [0.25, 0.3) is 0 Å². The molecule has 10 heteroatoms. The van der Waals surface area contributed by atoms with Crippen molar-refractivity contribution in [2.24, 2.45) is 0 Å². The van der Waals surface area contributed by atoms with E-state index in [1.807, 2.05) is 6.07 Å². The standard InChI is InChI=1S/C19H18N4O6/c1-28-16-6-12-3-4-21(9-14(12)7-17(16)29-2)18(24)11-22-10-15(23(26)27)5-13(8-20)19(22)25/h5-7,10H,3-4,9,11H2,1-2H3. The molecule has 10 nitrogen and oxygen atoms in total. The van der Waals surface area contributed by atoms with E-state index < -0.39 is 22.7 Å². The van der Waals surface area contributed by atoms with Crippen LogP contribution in [0.2, 0.25) is 0 Å². The molecule has 1 aliphatic heterocycles. The molecule has 0 bridgehead atoms. The van der Waals surface area contributed by atoms with Crippen molar-refractivity contribution in [3.8, 4) is 17.6 Å². The second kappa shape index (κ2) is 8.02. The van der Waals surface area contributed by atoms with Gasteiger partial charge < -0.3 is 14.4 Å². The van der Waals surface area contributed by atoms with E-state index in [2.05, 4.69) is 0 Å². The molecule has 1 amide bonds. The first-order chi connectivity index (χ1) is 13.9. The van der Waals surface area contributed by atoms with E-state index in [9.17, 15) is 19.7 Å². The van der Waals surface area contributed by atoms with Crippen molar-refractivity contribution < 1.29 is 19.2 Å². The molecule has 3 rings (SSSR count). The van der Waals surface area contributed by atoms with Crippen molar-refractivity contribution in [1.82, 2.24) is 9.47 Å². The van der Waals surface area contributed by atoms with Crippen molar-refractivity contribution in [2.45, 2.75) is 19.5 Å². The Labute approximate surface area is 165 Å². The molecule has 29 heavy (non-hydrogen) atoms. The zero-order valence-corrected chi connectivity index (χ0v) is 15.9. The van der Waals surface area contributed by atoms with Crippen LogP contribution in [-0.4, -0.2) is 41.1 Å². The molecular weight excluding hydrogens is 380 g/mol. The summed E-state index contributed by atoms with van der Waals surface area (Å²) in [6.07, 6.45) is 1.57. The van der Waals surface area contributed by atoms with Crippen LogP contribution in [0.5, 0.6) is 11.5 Å². The number of hydrogen-bond donors (Lipinski definition) is 0. The van der Waals surface area contributed by atoms with E-state index in [0.29, 0.717) is 31.0 Å². The fourth-order valence-corrected chi connectivity index (χ4v) is 3.26. The van der Waals surface area contributed by atoms with Gasteiger partial charge in [-0.1, -0.05) is 0 Å². The van der Waals surface area contributed by atoms with Crippen LogP contribution in [0.15, 0.2) is 29.2 Å². The molecule has 0 saturated heterocycles. The van der Waals surface area contributed by atoms with Gasteiger partial charge in [-0.15, -0.1) is 0 Å². The van der Waals surface area contributed by atoms with E-state index in [-0.39, 0.29) is 11.5 Å². The number of nitrogens with zero attached hydrogens (tertiary/aromatic N) is 4. The Morgan fingerprint density at radius 1 is 1.24 bits per heavy atom. The number of hydrogen-bond acceptors (Lipinski definition) is 7. The maximum atomic E-state index is 12.7. The Morgan fingerprint density at radius 3 is 2.48 bits per heavy atom. The average molecular weight is 398 g/mol. The minimum atomic E-state index is -0.740. The molecule has 2 heterocycles. The number of amides is 1. The minimum Gasteiger partial charge on any atom is -0.493 e. The van der Waals surface area contributed by atoms with E-state index in [0.717, 1.165) is 28.0 Å². The highest BCUT2D eigenvalue weighted by atomic mass is 16.6. The van der Waals surface area contributed by atoms with Gasteiger partial charge in [0.1, 0.15) is 18.2 Å². The molecule has 0 spiro atoms. The topological polar surface area (TPSA) is 128 Å². The van der Waals surface area contributed by atoms with Crippen LogP contribution in [0.3, 0.4) is 0 Å². The lowest BCUT2D eigenvalue weighted by molar-refractivity contribution is -0.385. The lowest BCUT2D eigenvalue weighted by Gasteiger charge is -2.29. The Bertz CT molecular complexity index is 1090. The molecule has 0 N–H and O–H groups in total. The second-order valence-electron chi connectivity index (χ2n) is 6.46. The van der Waals surface area contributed by atoms with E-state index >= 15 is 0 Å². The minimum absolute atomic E-state index is 0.309. The lowest BCUT2D eigenvalue weighted by atomic mass is 9.98. The first-order valence-electron chi connectivity index (χ1n) is 8.68. The Hall–Kier alpha value is -3.87. The van der Waals surface area contributed by atoms with E-state index in [4.69, 9.17) is 14.7 Å². The Balaban J connectivity index is 1.85. The highest BCUT2D eigenvalue weighted by Crippen LogP contribution is 2.33. The van der Waals surface area contributed by atoms with Crippen LogP contribution in [0.4, 0.5) is 5.69 Å². The Morgan fingerprint density at radius 2 is 1.90 bits per heavy atom. The molecule has 1 aliphatic rings. The van der Waals surface area contributed by atoms with Gasteiger partial charge in [0, 0.05) is 19.2 Å². The predicted molar refractivity (Wildman–Crippen MR) is 101 cm³/mol. The molecule has 0 radical (unpaired) electrons. The number of pyridine rings is 1. The number of benzene rings is 1. The summed E-state index contributed by atoms with van der Waals surface area (Å²) < 4.78 is 11.5. The first-order valence-corrected chi connectivity index (χ1v) is 8.68. The predicted octanol–water partition coefficient (Wildman–Crippen LogP) is 1.23. The molecule has 1 aromatic carbocycles. The highest BCUT2D eigenvalue weighted by molar-refractivity contribution is 5.76. The van der Waals surface area contributed by atoms with Gasteiger partial charge in [0.15, 0.2) is 11.5 Å². The molecule has 150 valence electrons. The van der Waals surface area contributed by atoms with Gasteiger partial charge in [0.05, 0.1) is 25.3 Å². The number of rotatable bonds is 5. The van der Waals surface area contributed by atoms with Crippen molar-refractivity contribution in [3.63, 3.8) is 0 Å². The summed E-state index contributed by atoms with van der Waals surface area (Å²) in [5.74, 6) is 0.782. The van der Waals surface area contributed by atoms with Gasteiger partial charge in [-0.3, -0.25) is 24.3 Å². The fourth-order valence-electron chi connectivity index (χ4n) is 3.26. The molecule has 1 aromatic heterocycles. The fraction of sp³-hybridized carbons (Fsp3) is 0.316. The maximum absolute atomic E-state index is 12.7. The van der Waals surface area contributed by atoms with Crippen LogP contribution in [-0.2, 0) is 24.3 Å². The van der Waals surface area contributed by atoms with Gasteiger partial charge in [-0.2, -0.15) is 5.26 Å². The zero-order valence-electron chi connectivity index (χ0n) is 15.9. The molecule has 0 atom stereocenters. The third-order valence-electron chi connectivity index (χ3n) is 4.78. The summed E-state index contributed by atoms with van der Waals surface area (Å²) >= 11 is 0. The van der Waals surface area contributed by atoms with Crippen LogP contribution in [0.1, 0.15) is 16.7 Å². The van der Waals surface area contributed by atoms with Gasteiger partial charge in [0.2, 0.25) is 5.91 Å². The maximum Gasteiger partial charge on any atom is 0.287 e. The van der Waals surface area contributed by atoms with Gasteiger partial charge >= 0.3 is 0 Å². The molecule has 0 fully saturated rings. The summed E-state index contributed by atoms with van der Waals surface area (Å²) in [7, 11) is 3.08. The van der Waals surface area contributed by atoms with Crippen LogP contribution < -0.4 is 15.0 Å². The summed E-state index contributed by atoms with van der Waals surface area (Å²) in [5.41, 5.74) is 0.384. The van der Waals surface area contributed by atoms with Crippen molar-refractivity contribution in [2.75, 3.05) is 20.8 Å². The molecule has 0 saturated carbocycles. The van der Waals surface area contributed by atoms with Gasteiger partial charge in [-0.25, -0.2) is 0 Å². The van der Waals surface area contributed by atoms with Crippen LogP contribution in [0, 0.1) is 21.4 Å². The number of carbonyl (C=O) groups excluding carboxylic acids is 1. The second-order valence-corrected chi connectivity index (χ2v) is 6.46. The summed E-state index contributed by atoms with van der Waals surface area (Å²) in [6, 6.07) is 6.22. The van der Waals surface area contributed by atoms with E-state index in [1.54, 1.807) is 24.1 Å². The van der Waals surface area contributed by atoms with Gasteiger partial charge in [0.25, 0.3) is 11.2 Å². The summed E-state index contributed by atoms with van der Waals surface area (Å²) in [6.45, 7) is 0.344. The smallest absolute Gasteiger partial charge is 0.287 e. The van der Waals surface area contributed by atoms with Crippen molar-refractivity contribution in [1.29, 1.82) is 5.26 Å². The molecule has 0 unspecified atom stereocenters.